The lowest BCUT2D eigenvalue weighted by Gasteiger charge is -2.26. The monoisotopic (exact) mass is 621 g/mol. The maximum Gasteiger partial charge on any atom is 0.0782 e. The van der Waals surface area contributed by atoms with E-state index in [0.29, 0.717) is 0 Å². The van der Waals surface area contributed by atoms with Crippen LogP contribution in [-0.2, 0) is 0 Å². The summed E-state index contributed by atoms with van der Waals surface area (Å²) < 4.78 is 5.06. The van der Waals surface area contributed by atoms with E-state index in [1.165, 1.54) is 87.0 Å². The first kappa shape index (κ1) is 25.5. The second-order valence-corrected chi connectivity index (χ2v) is 13.3. The minimum absolute atomic E-state index is 1.14. The number of hydrogen-bond acceptors (Lipinski definition) is 1. The number of para-hydroxylation sites is 5. The molecule has 0 aliphatic heterocycles. The summed E-state index contributed by atoms with van der Waals surface area (Å²) in [5, 5.41) is 13.1. The van der Waals surface area contributed by atoms with Gasteiger partial charge in [0.25, 0.3) is 0 Å². The molecule has 0 bridgehead atoms. The van der Waals surface area contributed by atoms with E-state index in [2.05, 4.69) is 177 Å². The molecule has 0 saturated carbocycles. The highest BCUT2D eigenvalue weighted by atomic mass is 15.2. The van der Waals surface area contributed by atoms with Gasteiger partial charge in [-0.05, 0) is 59.3 Å². The van der Waals surface area contributed by atoms with Gasteiger partial charge in [0, 0.05) is 54.5 Å². The van der Waals surface area contributed by atoms with Crippen LogP contribution in [0.4, 0.5) is 17.1 Å². The van der Waals surface area contributed by atoms with E-state index in [1.807, 2.05) is 0 Å². The fourth-order valence-electron chi connectivity index (χ4n) is 9.09. The Labute approximate surface area is 280 Å². The van der Waals surface area contributed by atoms with Gasteiger partial charge in [0.2, 0.25) is 0 Å². The number of rotatable bonds is 3. The summed E-state index contributed by atoms with van der Waals surface area (Å²) in [6.07, 6.45) is 0. The van der Waals surface area contributed by atoms with Gasteiger partial charge in [-0.25, -0.2) is 0 Å². The van der Waals surface area contributed by atoms with Crippen LogP contribution in [0.5, 0.6) is 0 Å². The number of anilines is 3. The molecule has 0 unspecified atom stereocenters. The summed E-state index contributed by atoms with van der Waals surface area (Å²) in [6, 6.07) is 60.1. The highest BCUT2D eigenvalue weighted by molar-refractivity contribution is 6.37. The minimum atomic E-state index is 1.14. The van der Waals surface area contributed by atoms with Gasteiger partial charge < -0.3 is 13.7 Å². The Bertz CT molecular complexity index is 3220. The molecule has 8 aromatic carbocycles. The molecule has 4 heterocycles. The topological polar surface area (TPSA) is 12.1 Å². The van der Waals surface area contributed by atoms with Crippen LogP contribution < -0.4 is 4.90 Å². The van der Waals surface area contributed by atoms with Gasteiger partial charge >= 0.3 is 0 Å². The molecule has 0 aliphatic carbocycles. The van der Waals surface area contributed by atoms with Crippen LogP contribution in [0.3, 0.4) is 0 Å². The molecule has 0 saturated heterocycles. The Morgan fingerprint density at radius 3 is 1.47 bits per heavy atom. The predicted octanol–water partition coefficient (Wildman–Crippen LogP) is 12.6. The fourth-order valence-corrected chi connectivity index (χ4v) is 9.09. The average molecular weight is 622 g/mol. The number of aromatic nitrogens is 2. The third-order valence-electron chi connectivity index (χ3n) is 10.9. The predicted molar refractivity (Wildman–Crippen MR) is 208 cm³/mol. The summed E-state index contributed by atoms with van der Waals surface area (Å²) in [5.41, 5.74) is 11.0. The number of benzene rings is 8. The van der Waals surface area contributed by atoms with Crippen LogP contribution in [0, 0.1) is 0 Å². The van der Waals surface area contributed by atoms with Crippen LogP contribution in [0.2, 0.25) is 0 Å². The summed E-state index contributed by atoms with van der Waals surface area (Å²) in [7, 11) is 0. The summed E-state index contributed by atoms with van der Waals surface area (Å²) in [6.45, 7) is 0. The highest BCUT2D eigenvalue weighted by Crippen LogP contribution is 2.49. The van der Waals surface area contributed by atoms with Crippen molar-refractivity contribution in [3.05, 3.63) is 164 Å². The normalized spacial score (nSPS) is 12.5. The van der Waals surface area contributed by atoms with Crippen molar-refractivity contribution >= 4 is 104 Å². The molecular formula is C46H27N3. The molecule has 49 heavy (non-hydrogen) atoms. The molecule has 3 nitrogen and oxygen atoms in total. The van der Waals surface area contributed by atoms with E-state index >= 15 is 0 Å². The van der Waals surface area contributed by atoms with Crippen molar-refractivity contribution in [3.63, 3.8) is 0 Å². The number of fused-ring (bicyclic) bond motifs is 15. The zero-order valence-corrected chi connectivity index (χ0v) is 26.4. The van der Waals surface area contributed by atoms with Crippen molar-refractivity contribution in [2.75, 3.05) is 4.90 Å². The van der Waals surface area contributed by atoms with Gasteiger partial charge in [0.1, 0.15) is 0 Å². The van der Waals surface area contributed by atoms with E-state index in [0.717, 1.165) is 17.1 Å². The largest absolute Gasteiger partial charge is 0.308 e. The summed E-state index contributed by atoms with van der Waals surface area (Å²) in [5.74, 6) is 0. The number of hydrogen-bond donors (Lipinski definition) is 0. The van der Waals surface area contributed by atoms with E-state index in [1.54, 1.807) is 0 Å². The Morgan fingerprint density at radius 2 is 0.776 bits per heavy atom. The highest BCUT2D eigenvalue weighted by Gasteiger charge is 2.26. The van der Waals surface area contributed by atoms with Gasteiger partial charge in [0.15, 0.2) is 0 Å². The number of nitrogens with zero attached hydrogens (tertiary/aromatic N) is 3. The summed E-state index contributed by atoms with van der Waals surface area (Å²) >= 11 is 0. The molecular weight excluding hydrogens is 595 g/mol. The van der Waals surface area contributed by atoms with Gasteiger partial charge in [-0.15, -0.1) is 0 Å². The van der Waals surface area contributed by atoms with Crippen LogP contribution in [-0.4, -0.2) is 8.80 Å². The summed E-state index contributed by atoms with van der Waals surface area (Å²) in [4.78, 5) is 2.40. The third kappa shape index (κ3) is 3.09. The molecule has 0 amide bonds. The standard InChI is InChI=1S/C46H27N3/c1-3-13-29(14-4-1)47(30-15-5-2-6-16-30)40-23-11-19-33-32-18-9-21-35-43-39(49(44(32)35)46(33)40)27-26-38-42(43)36-22-10-20-34-41-31-17-8-7-12-28(31)24-25-37(41)48(38)45(34)36/h1-27H. The van der Waals surface area contributed by atoms with Crippen molar-refractivity contribution in [2.24, 2.45) is 0 Å². The molecule has 0 radical (unpaired) electrons. The van der Waals surface area contributed by atoms with Crippen LogP contribution in [0.1, 0.15) is 0 Å². The van der Waals surface area contributed by atoms with Gasteiger partial charge in [0.05, 0.1) is 38.8 Å². The van der Waals surface area contributed by atoms with Crippen molar-refractivity contribution in [1.29, 1.82) is 0 Å². The Kier molecular flexibility index (Phi) is 4.72. The second kappa shape index (κ2) is 9.06. The maximum absolute atomic E-state index is 2.54. The third-order valence-corrected chi connectivity index (χ3v) is 10.9. The zero-order valence-electron chi connectivity index (χ0n) is 26.4. The molecule has 0 spiro atoms. The van der Waals surface area contributed by atoms with Crippen LogP contribution in [0.25, 0.3) is 87.0 Å². The smallest absolute Gasteiger partial charge is 0.0782 e. The van der Waals surface area contributed by atoms with E-state index in [9.17, 15) is 0 Å². The molecule has 12 rings (SSSR count). The molecule has 4 aromatic heterocycles. The lowest BCUT2D eigenvalue weighted by molar-refractivity contribution is 1.27. The zero-order chi connectivity index (χ0) is 31.8. The second-order valence-electron chi connectivity index (χ2n) is 13.3. The molecule has 0 fully saturated rings. The fraction of sp³-hybridized carbons (Fsp3) is 0. The van der Waals surface area contributed by atoms with E-state index in [-0.39, 0.29) is 0 Å². The first-order valence-corrected chi connectivity index (χ1v) is 17.0. The van der Waals surface area contributed by atoms with Crippen molar-refractivity contribution < 1.29 is 0 Å². The van der Waals surface area contributed by atoms with Crippen LogP contribution >= 0.6 is 0 Å². The van der Waals surface area contributed by atoms with Gasteiger partial charge in [-0.1, -0.05) is 115 Å². The molecule has 0 N–H and O–H groups in total. The first-order chi connectivity index (χ1) is 24.4. The minimum Gasteiger partial charge on any atom is -0.308 e. The van der Waals surface area contributed by atoms with E-state index in [4.69, 9.17) is 0 Å². The molecule has 226 valence electrons. The van der Waals surface area contributed by atoms with Crippen molar-refractivity contribution in [3.8, 4) is 0 Å². The van der Waals surface area contributed by atoms with E-state index < -0.39 is 0 Å². The maximum atomic E-state index is 2.54. The van der Waals surface area contributed by atoms with Crippen molar-refractivity contribution in [2.45, 2.75) is 0 Å². The van der Waals surface area contributed by atoms with Crippen LogP contribution in [0.15, 0.2) is 164 Å². The molecule has 0 aliphatic rings. The molecule has 3 heteroatoms. The van der Waals surface area contributed by atoms with Crippen molar-refractivity contribution in [1.82, 2.24) is 8.80 Å². The Hall–Kier alpha value is -6.58. The lowest BCUT2D eigenvalue weighted by Crippen LogP contribution is -2.10. The lowest BCUT2D eigenvalue weighted by atomic mass is 10.0. The first-order valence-electron chi connectivity index (χ1n) is 17.0. The van der Waals surface area contributed by atoms with Gasteiger partial charge in [-0.3, -0.25) is 0 Å². The van der Waals surface area contributed by atoms with Gasteiger partial charge in [-0.2, -0.15) is 0 Å². The SMILES string of the molecule is c1ccc(N(c2ccccc2)c2cccc3c4cccc5c6c7c8cccc9c%10c%11ccccc%11ccc%10n(c7ccc6n(c23)c45)c98)cc1. The Morgan fingerprint density at radius 1 is 0.306 bits per heavy atom. The quantitative estimate of drug-likeness (QED) is 0.191. The average Bonchev–Trinajstić information content (AvgIpc) is 3.89. The molecule has 0 atom stereocenters. The Balaban J connectivity index is 1.27. The molecule has 12 aromatic rings.